The SMILES string of the molecule is C[C@H]1CCc2c(sc3ncn(CC(=O)NC4CC4)c(=O)c23)C1. The van der Waals surface area contributed by atoms with Gasteiger partial charge in [0.15, 0.2) is 0 Å². The predicted octanol–water partition coefficient (Wildman–Crippen LogP) is 1.86. The second-order valence-electron chi connectivity index (χ2n) is 6.55. The molecule has 22 heavy (non-hydrogen) atoms. The van der Waals surface area contributed by atoms with Gasteiger partial charge >= 0.3 is 0 Å². The number of aryl methyl sites for hydroxylation is 1. The number of aromatic nitrogens is 2. The van der Waals surface area contributed by atoms with Gasteiger partial charge in [0, 0.05) is 10.9 Å². The molecule has 0 bridgehead atoms. The van der Waals surface area contributed by atoms with Crippen LogP contribution in [0.5, 0.6) is 0 Å². The van der Waals surface area contributed by atoms with Gasteiger partial charge < -0.3 is 5.32 Å². The number of carbonyl (C=O) groups is 1. The molecule has 1 amide bonds. The van der Waals surface area contributed by atoms with Crippen molar-refractivity contribution in [1.82, 2.24) is 14.9 Å². The first-order valence-corrected chi connectivity index (χ1v) is 8.72. The van der Waals surface area contributed by atoms with Crippen molar-refractivity contribution in [1.29, 1.82) is 0 Å². The maximum Gasteiger partial charge on any atom is 0.262 e. The Morgan fingerprint density at radius 3 is 3.05 bits per heavy atom. The number of carbonyl (C=O) groups excluding carboxylic acids is 1. The molecule has 0 aromatic carbocycles. The van der Waals surface area contributed by atoms with E-state index in [9.17, 15) is 9.59 Å². The highest BCUT2D eigenvalue weighted by Gasteiger charge is 2.25. The highest BCUT2D eigenvalue weighted by Crippen LogP contribution is 2.35. The lowest BCUT2D eigenvalue weighted by atomic mass is 9.89. The monoisotopic (exact) mass is 317 g/mol. The Labute approximate surface area is 132 Å². The molecule has 4 rings (SSSR count). The molecular formula is C16H19N3O2S. The first kappa shape index (κ1) is 13.9. The zero-order chi connectivity index (χ0) is 15.3. The van der Waals surface area contributed by atoms with Gasteiger partial charge in [-0.2, -0.15) is 0 Å². The van der Waals surface area contributed by atoms with Crippen molar-refractivity contribution in [3.05, 3.63) is 27.1 Å². The lowest BCUT2D eigenvalue weighted by Crippen LogP contribution is -2.33. The first-order chi connectivity index (χ1) is 10.6. The molecule has 116 valence electrons. The Balaban J connectivity index is 1.70. The van der Waals surface area contributed by atoms with Crippen molar-refractivity contribution in [2.75, 3.05) is 0 Å². The van der Waals surface area contributed by atoms with Gasteiger partial charge in [-0.15, -0.1) is 11.3 Å². The van der Waals surface area contributed by atoms with E-state index in [0.717, 1.165) is 42.3 Å². The van der Waals surface area contributed by atoms with E-state index in [1.54, 1.807) is 11.3 Å². The summed E-state index contributed by atoms with van der Waals surface area (Å²) in [6, 6.07) is 0.315. The molecule has 1 fully saturated rings. The van der Waals surface area contributed by atoms with E-state index in [4.69, 9.17) is 0 Å². The predicted molar refractivity (Wildman–Crippen MR) is 86.2 cm³/mol. The van der Waals surface area contributed by atoms with Gasteiger partial charge in [-0.1, -0.05) is 6.92 Å². The first-order valence-electron chi connectivity index (χ1n) is 7.91. The number of hydrogen-bond acceptors (Lipinski definition) is 4. The summed E-state index contributed by atoms with van der Waals surface area (Å²) in [6.07, 6.45) is 6.73. The normalized spacial score (nSPS) is 20.9. The van der Waals surface area contributed by atoms with Gasteiger partial charge in [0.25, 0.3) is 5.56 Å². The summed E-state index contributed by atoms with van der Waals surface area (Å²) in [5.41, 5.74) is 1.11. The number of nitrogens with zero attached hydrogens (tertiary/aromatic N) is 2. The Hall–Kier alpha value is -1.69. The van der Waals surface area contributed by atoms with E-state index in [0.29, 0.717) is 12.0 Å². The summed E-state index contributed by atoms with van der Waals surface area (Å²) in [7, 11) is 0. The third kappa shape index (κ3) is 2.45. The van der Waals surface area contributed by atoms with Gasteiger partial charge in [-0.3, -0.25) is 14.2 Å². The quantitative estimate of drug-likeness (QED) is 0.940. The second-order valence-corrected chi connectivity index (χ2v) is 7.63. The van der Waals surface area contributed by atoms with E-state index in [-0.39, 0.29) is 18.0 Å². The fourth-order valence-electron chi connectivity index (χ4n) is 3.13. The summed E-state index contributed by atoms with van der Waals surface area (Å²) >= 11 is 1.64. The van der Waals surface area contributed by atoms with Crippen molar-refractivity contribution in [2.45, 2.75) is 51.6 Å². The molecule has 2 aromatic heterocycles. The van der Waals surface area contributed by atoms with E-state index in [1.807, 2.05) is 0 Å². The van der Waals surface area contributed by atoms with Crippen LogP contribution in [0.25, 0.3) is 10.2 Å². The highest BCUT2D eigenvalue weighted by atomic mass is 32.1. The van der Waals surface area contributed by atoms with Crippen LogP contribution in [0.1, 0.15) is 36.6 Å². The summed E-state index contributed by atoms with van der Waals surface area (Å²) in [6.45, 7) is 2.32. The summed E-state index contributed by atoms with van der Waals surface area (Å²) in [4.78, 5) is 31.2. The molecule has 0 radical (unpaired) electrons. The van der Waals surface area contributed by atoms with Crippen molar-refractivity contribution >= 4 is 27.5 Å². The van der Waals surface area contributed by atoms with Gasteiger partial charge in [-0.25, -0.2) is 4.98 Å². The molecular weight excluding hydrogens is 298 g/mol. The van der Waals surface area contributed by atoms with Crippen LogP contribution in [0.2, 0.25) is 0 Å². The summed E-state index contributed by atoms with van der Waals surface area (Å²) in [5, 5.41) is 3.66. The average Bonchev–Trinajstić information content (AvgIpc) is 3.20. The minimum absolute atomic E-state index is 0.0667. The van der Waals surface area contributed by atoms with Gasteiger partial charge in [-0.05, 0) is 43.6 Å². The highest BCUT2D eigenvalue weighted by molar-refractivity contribution is 7.18. The number of amides is 1. The Morgan fingerprint density at radius 2 is 2.27 bits per heavy atom. The Kier molecular flexibility index (Phi) is 3.29. The maximum absolute atomic E-state index is 12.7. The fourth-order valence-corrected chi connectivity index (χ4v) is 4.48. The number of thiophene rings is 1. The molecule has 6 heteroatoms. The number of nitrogens with one attached hydrogen (secondary N) is 1. The van der Waals surface area contributed by atoms with E-state index in [1.165, 1.54) is 21.3 Å². The van der Waals surface area contributed by atoms with Crippen LogP contribution < -0.4 is 10.9 Å². The second kappa shape index (κ2) is 5.19. The molecule has 2 heterocycles. The van der Waals surface area contributed by atoms with E-state index in [2.05, 4.69) is 17.2 Å². The van der Waals surface area contributed by atoms with Gasteiger partial charge in [0.2, 0.25) is 5.91 Å². The van der Waals surface area contributed by atoms with Crippen LogP contribution in [0.15, 0.2) is 11.1 Å². The number of hydrogen-bond donors (Lipinski definition) is 1. The molecule has 0 saturated heterocycles. The third-order valence-corrected chi connectivity index (χ3v) is 5.70. The maximum atomic E-state index is 12.7. The molecule has 0 spiro atoms. The number of fused-ring (bicyclic) bond motifs is 3. The molecule has 1 saturated carbocycles. The minimum atomic E-state index is -0.0940. The largest absolute Gasteiger partial charge is 0.352 e. The van der Waals surface area contributed by atoms with Crippen molar-refractivity contribution < 1.29 is 4.79 Å². The Bertz CT molecular complexity index is 804. The van der Waals surface area contributed by atoms with Crippen molar-refractivity contribution in [2.24, 2.45) is 5.92 Å². The van der Waals surface area contributed by atoms with E-state index >= 15 is 0 Å². The lowest BCUT2D eigenvalue weighted by molar-refractivity contribution is -0.121. The minimum Gasteiger partial charge on any atom is -0.352 e. The van der Waals surface area contributed by atoms with Crippen LogP contribution in [0.4, 0.5) is 0 Å². The van der Waals surface area contributed by atoms with Crippen LogP contribution in [0, 0.1) is 5.92 Å². The van der Waals surface area contributed by atoms with Crippen LogP contribution in [-0.4, -0.2) is 21.5 Å². The average molecular weight is 317 g/mol. The van der Waals surface area contributed by atoms with Gasteiger partial charge in [0.05, 0.1) is 11.7 Å². The topological polar surface area (TPSA) is 64.0 Å². The molecule has 2 aromatic rings. The van der Waals surface area contributed by atoms with Crippen LogP contribution in [-0.2, 0) is 24.2 Å². The number of rotatable bonds is 3. The molecule has 2 aliphatic carbocycles. The lowest BCUT2D eigenvalue weighted by Gasteiger charge is -2.17. The standard InChI is InChI=1S/C16H19N3O2S/c1-9-2-5-11-12(6-9)22-15-14(11)16(21)19(8-17-15)7-13(20)18-10-3-4-10/h8-10H,2-7H2,1H3,(H,18,20)/t9-/m0/s1. The molecule has 1 atom stereocenters. The van der Waals surface area contributed by atoms with Crippen LogP contribution >= 0.6 is 11.3 Å². The molecule has 1 N–H and O–H groups in total. The Morgan fingerprint density at radius 1 is 1.45 bits per heavy atom. The molecule has 0 unspecified atom stereocenters. The third-order valence-electron chi connectivity index (χ3n) is 4.54. The zero-order valence-electron chi connectivity index (χ0n) is 12.6. The van der Waals surface area contributed by atoms with Crippen molar-refractivity contribution in [3.8, 4) is 0 Å². The zero-order valence-corrected chi connectivity index (χ0v) is 13.4. The fraction of sp³-hybridized carbons (Fsp3) is 0.562. The molecule has 0 aliphatic heterocycles. The van der Waals surface area contributed by atoms with E-state index < -0.39 is 0 Å². The van der Waals surface area contributed by atoms with Crippen LogP contribution in [0.3, 0.4) is 0 Å². The molecule has 2 aliphatic rings. The molecule has 5 nitrogen and oxygen atoms in total. The van der Waals surface area contributed by atoms with Crippen molar-refractivity contribution in [3.63, 3.8) is 0 Å². The summed E-state index contributed by atoms with van der Waals surface area (Å²) < 4.78 is 1.45. The van der Waals surface area contributed by atoms with Gasteiger partial charge in [0.1, 0.15) is 11.4 Å². The summed E-state index contributed by atoms with van der Waals surface area (Å²) in [5.74, 6) is 0.579. The smallest absolute Gasteiger partial charge is 0.262 e.